The summed E-state index contributed by atoms with van der Waals surface area (Å²) in [5.41, 5.74) is 3.20. The van der Waals surface area contributed by atoms with Gasteiger partial charge in [-0.2, -0.15) is 11.3 Å². The molecule has 2 aromatic rings. The first kappa shape index (κ1) is 14.8. The number of rotatable bonds is 4. The molecule has 1 aromatic heterocycles. The number of carboxylic acids is 1. The third-order valence-corrected chi connectivity index (χ3v) is 4.79. The van der Waals surface area contributed by atoms with Crippen molar-refractivity contribution >= 4 is 23.2 Å². The maximum absolute atomic E-state index is 12.5. The normalized spacial score (nSPS) is 17.1. The minimum absolute atomic E-state index is 0.0897. The van der Waals surface area contributed by atoms with Crippen LogP contribution in [0.15, 0.2) is 41.1 Å². The van der Waals surface area contributed by atoms with Crippen LogP contribution in [0.25, 0.3) is 0 Å². The Bertz CT molecular complexity index is 681. The second-order valence-corrected chi connectivity index (χ2v) is 6.26. The zero-order valence-electron chi connectivity index (χ0n) is 12.1. The summed E-state index contributed by atoms with van der Waals surface area (Å²) in [6.45, 7) is 0.385. The third-order valence-electron chi connectivity index (χ3n) is 4.06. The SMILES string of the molecule is O=C(O)[C@@H]1Cc2ccccc2CN1C(=O)CCc1ccsc1. The predicted molar refractivity (Wildman–Crippen MR) is 84.8 cm³/mol. The fourth-order valence-corrected chi connectivity index (χ4v) is 3.54. The molecule has 0 spiro atoms. The van der Waals surface area contributed by atoms with Crippen molar-refractivity contribution < 1.29 is 14.7 Å². The average molecular weight is 315 g/mol. The Labute approximate surface area is 133 Å². The van der Waals surface area contributed by atoms with Crippen molar-refractivity contribution in [2.24, 2.45) is 0 Å². The number of nitrogens with zero attached hydrogens (tertiary/aromatic N) is 1. The van der Waals surface area contributed by atoms with Gasteiger partial charge in [0.15, 0.2) is 0 Å². The van der Waals surface area contributed by atoms with E-state index in [1.54, 1.807) is 11.3 Å². The Morgan fingerprint density at radius 3 is 2.68 bits per heavy atom. The lowest BCUT2D eigenvalue weighted by atomic mass is 9.93. The minimum Gasteiger partial charge on any atom is -0.480 e. The van der Waals surface area contributed by atoms with E-state index >= 15 is 0 Å². The number of carbonyl (C=O) groups is 2. The summed E-state index contributed by atoms with van der Waals surface area (Å²) in [5.74, 6) is -1.02. The maximum atomic E-state index is 12.5. The largest absolute Gasteiger partial charge is 0.480 e. The lowest BCUT2D eigenvalue weighted by Gasteiger charge is -2.34. The van der Waals surface area contributed by atoms with E-state index in [4.69, 9.17) is 0 Å². The van der Waals surface area contributed by atoms with Crippen molar-refractivity contribution in [3.63, 3.8) is 0 Å². The lowest BCUT2D eigenvalue weighted by Crippen LogP contribution is -2.48. The maximum Gasteiger partial charge on any atom is 0.326 e. The summed E-state index contributed by atoms with van der Waals surface area (Å²) in [5, 5.41) is 13.4. The van der Waals surface area contributed by atoms with Crippen LogP contribution in [0.3, 0.4) is 0 Å². The van der Waals surface area contributed by atoms with Crippen LogP contribution >= 0.6 is 11.3 Å². The predicted octanol–water partition coefficient (Wildman–Crippen LogP) is 2.72. The van der Waals surface area contributed by atoms with Crippen LogP contribution in [0.5, 0.6) is 0 Å². The van der Waals surface area contributed by atoms with E-state index in [-0.39, 0.29) is 5.91 Å². The molecule has 0 radical (unpaired) electrons. The highest BCUT2D eigenvalue weighted by atomic mass is 32.1. The van der Waals surface area contributed by atoms with Crippen LogP contribution in [0.1, 0.15) is 23.1 Å². The number of aryl methyl sites for hydroxylation is 1. The molecule has 0 fully saturated rings. The highest BCUT2D eigenvalue weighted by molar-refractivity contribution is 7.07. The van der Waals surface area contributed by atoms with Crippen molar-refractivity contribution in [1.82, 2.24) is 4.90 Å². The van der Waals surface area contributed by atoms with E-state index in [1.165, 1.54) is 4.90 Å². The van der Waals surface area contributed by atoms with Gasteiger partial charge in [0.05, 0.1) is 0 Å². The monoisotopic (exact) mass is 315 g/mol. The molecule has 0 aliphatic carbocycles. The quantitative estimate of drug-likeness (QED) is 0.944. The van der Waals surface area contributed by atoms with Gasteiger partial charge in [0.2, 0.25) is 5.91 Å². The summed E-state index contributed by atoms with van der Waals surface area (Å²) < 4.78 is 0. The Morgan fingerprint density at radius 1 is 1.23 bits per heavy atom. The lowest BCUT2D eigenvalue weighted by molar-refractivity contribution is -0.151. The highest BCUT2D eigenvalue weighted by Crippen LogP contribution is 2.24. The molecule has 1 aliphatic rings. The third kappa shape index (κ3) is 3.04. The number of benzene rings is 1. The molecule has 1 amide bonds. The van der Waals surface area contributed by atoms with E-state index in [9.17, 15) is 14.7 Å². The molecule has 3 rings (SSSR count). The first-order valence-electron chi connectivity index (χ1n) is 7.25. The Hall–Kier alpha value is -2.14. The molecule has 0 saturated heterocycles. The van der Waals surface area contributed by atoms with E-state index < -0.39 is 12.0 Å². The van der Waals surface area contributed by atoms with Crippen LogP contribution in [-0.4, -0.2) is 27.9 Å². The van der Waals surface area contributed by atoms with Gasteiger partial charge in [0.25, 0.3) is 0 Å². The van der Waals surface area contributed by atoms with Gasteiger partial charge in [-0.05, 0) is 39.9 Å². The van der Waals surface area contributed by atoms with Gasteiger partial charge in [-0.25, -0.2) is 4.79 Å². The summed E-state index contributed by atoms with van der Waals surface area (Å²) in [6.07, 6.45) is 1.39. The second-order valence-electron chi connectivity index (χ2n) is 5.48. The number of carboxylic acid groups (broad SMARTS) is 1. The number of hydrogen-bond donors (Lipinski definition) is 1. The smallest absolute Gasteiger partial charge is 0.326 e. The number of hydrogen-bond acceptors (Lipinski definition) is 3. The summed E-state index contributed by atoms with van der Waals surface area (Å²) in [6, 6.07) is 8.98. The van der Waals surface area contributed by atoms with Gasteiger partial charge in [0, 0.05) is 19.4 Å². The molecular weight excluding hydrogens is 298 g/mol. The molecule has 1 aliphatic heterocycles. The molecule has 1 N–H and O–H groups in total. The van der Waals surface area contributed by atoms with Crippen molar-refractivity contribution in [1.29, 1.82) is 0 Å². The van der Waals surface area contributed by atoms with E-state index in [0.717, 1.165) is 16.7 Å². The first-order chi connectivity index (χ1) is 10.6. The van der Waals surface area contributed by atoms with Crippen LogP contribution < -0.4 is 0 Å². The van der Waals surface area contributed by atoms with Gasteiger partial charge < -0.3 is 10.0 Å². The van der Waals surface area contributed by atoms with Gasteiger partial charge in [0.1, 0.15) is 6.04 Å². The number of thiophene rings is 1. The van der Waals surface area contributed by atoms with E-state index in [2.05, 4.69) is 0 Å². The molecule has 1 atom stereocenters. The molecule has 1 aromatic carbocycles. The number of amides is 1. The molecule has 0 bridgehead atoms. The number of carbonyl (C=O) groups excluding carboxylic acids is 1. The molecule has 0 saturated carbocycles. The van der Waals surface area contributed by atoms with Crippen LogP contribution in [0, 0.1) is 0 Å². The molecule has 0 unspecified atom stereocenters. The molecule has 5 heteroatoms. The average Bonchev–Trinajstić information content (AvgIpc) is 3.04. The summed E-state index contributed by atoms with van der Waals surface area (Å²) in [4.78, 5) is 25.5. The van der Waals surface area contributed by atoms with Gasteiger partial charge in [-0.15, -0.1) is 0 Å². The summed E-state index contributed by atoms with van der Waals surface area (Å²) in [7, 11) is 0. The molecule has 4 nitrogen and oxygen atoms in total. The Balaban J connectivity index is 1.75. The van der Waals surface area contributed by atoms with Crippen molar-refractivity contribution in [3.8, 4) is 0 Å². The fraction of sp³-hybridized carbons (Fsp3) is 0.294. The highest BCUT2D eigenvalue weighted by Gasteiger charge is 2.33. The van der Waals surface area contributed by atoms with Gasteiger partial charge in [-0.1, -0.05) is 24.3 Å². The fourth-order valence-electron chi connectivity index (χ4n) is 2.84. The molecule has 22 heavy (non-hydrogen) atoms. The number of fused-ring (bicyclic) bond motifs is 1. The standard InChI is InChI=1S/C17H17NO3S/c19-16(6-5-12-7-8-22-11-12)18-10-14-4-2-1-3-13(14)9-15(18)17(20)21/h1-4,7-8,11,15H,5-6,9-10H2,(H,20,21)/t15-/m0/s1. The first-order valence-corrected chi connectivity index (χ1v) is 8.19. The van der Waals surface area contributed by atoms with Crippen molar-refractivity contribution in [3.05, 3.63) is 57.8 Å². The van der Waals surface area contributed by atoms with Crippen LogP contribution in [0.2, 0.25) is 0 Å². The Kier molecular flexibility index (Phi) is 4.24. The molecule has 2 heterocycles. The Morgan fingerprint density at radius 2 is 2.00 bits per heavy atom. The zero-order valence-corrected chi connectivity index (χ0v) is 12.9. The zero-order chi connectivity index (χ0) is 15.5. The molecular formula is C17H17NO3S. The number of aliphatic carboxylic acids is 1. The second kappa shape index (κ2) is 6.32. The topological polar surface area (TPSA) is 57.6 Å². The van der Waals surface area contributed by atoms with Crippen LogP contribution in [-0.2, 0) is 29.0 Å². The summed E-state index contributed by atoms with van der Waals surface area (Å²) >= 11 is 1.60. The van der Waals surface area contributed by atoms with Gasteiger partial charge >= 0.3 is 5.97 Å². The van der Waals surface area contributed by atoms with Gasteiger partial charge in [-0.3, -0.25) is 4.79 Å². The van der Waals surface area contributed by atoms with Crippen molar-refractivity contribution in [2.45, 2.75) is 31.8 Å². The van der Waals surface area contributed by atoms with E-state index in [1.807, 2.05) is 41.1 Å². The van der Waals surface area contributed by atoms with Crippen molar-refractivity contribution in [2.75, 3.05) is 0 Å². The molecule has 114 valence electrons. The minimum atomic E-state index is -0.932. The van der Waals surface area contributed by atoms with Crippen LogP contribution in [0.4, 0.5) is 0 Å². The van der Waals surface area contributed by atoms with E-state index in [0.29, 0.717) is 25.8 Å².